The minimum atomic E-state index is 0. The second-order valence-corrected chi connectivity index (χ2v) is 6.31. The van der Waals surface area contributed by atoms with E-state index >= 15 is 0 Å². The number of hydrogen-bond acceptors (Lipinski definition) is 2. The molecule has 0 atom stereocenters. The van der Waals surface area contributed by atoms with E-state index in [2.05, 4.69) is 82.8 Å². The Hall–Kier alpha value is -2.81. The SMILES string of the molecule is O.O.O.O.O.[Cl-].[Ru+2].c1ccc(-c2ccnc3c2ccc2c(-c4ccccc4)ccnc23)cc1. The topological polar surface area (TPSA) is 183 Å². The Morgan fingerprint density at radius 2 is 0.758 bits per heavy atom. The molecule has 10 N–H and O–H groups in total. The van der Waals surface area contributed by atoms with Crippen molar-refractivity contribution in [2.24, 2.45) is 0 Å². The number of aromatic nitrogens is 2. The van der Waals surface area contributed by atoms with Gasteiger partial charge in [0.25, 0.3) is 0 Å². The Kier molecular flexibility index (Phi) is 15.9. The fraction of sp³-hybridized carbons (Fsp3) is 0. The normalized spacial score (nSPS) is 8.73. The van der Waals surface area contributed by atoms with Crippen molar-refractivity contribution in [1.29, 1.82) is 0 Å². The van der Waals surface area contributed by atoms with Gasteiger partial charge >= 0.3 is 19.5 Å². The van der Waals surface area contributed by atoms with Crippen LogP contribution < -0.4 is 12.4 Å². The van der Waals surface area contributed by atoms with Crippen molar-refractivity contribution < 1.29 is 59.3 Å². The number of hydrogen-bond donors (Lipinski definition) is 0. The first-order valence-corrected chi connectivity index (χ1v) is 8.69. The predicted octanol–water partition coefficient (Wildman–Crippen LogP) is -1.00. The van der Waals surface area contributed by atoms with Crippen LogP contribution in [0.3, 0.4) is 0 Å². The fourth-order valence-electron chi connectivity index (χ4n) is 3.57. The molecule has 0 saturated carbocycles. The summed E-state index contributed by atoms with van der Waals surface area (Å²) in [7, 11) is 0. The van der Waals surface area contributed by atoms with Crippen molar-refractivity contribution in [1.82, 2.24) is 9.97 Å². The Morgan fingerprint density at radius 3 is 1.09 bits per heavy atom. The molecule has 0 bridgehead atoms. The van der Waals surface area contributed by atoms with Crippen molar-refractivity contribution in [3.63, 3.8) is 0 Å². The van der Waals surface area contributed by atoms with E-state index < -0.39 is 0 Å². The van der Waals surface area contributed by atoms with E-state index in [1.807, 2.05) is 24.5 Å². The zero-order valence-electron chi connectivity index (χ0n) is 17.4. The Balaban J connectivity index is -0.00000129. The molecular weight excluding hydrogens is 533 g/mol. The Morgan fingerprint density at radius 1 is 0.424 bits per heavy atom. The summed E-state index contributed by atoms with van der Waals surface area (Å²) in [6, 6.07) is 29.3. The van der Waals surface area contributed by atoms with Gasteiger partial charge in [0.2, 0.25) is 0 Å². The number of halogens is 1. The van der Waals surface area contributed by atoms with Gasteiger partial charge in [-0.15, -0.1) is 0 Å². The molecule has 5 aromatic rings. The van der Waals surface area contributed by atoms with Crippen LogP contribution in [-0.2, 0) is 19.5 Å². The van der Waals surface area contributed by atoms with Crippen molar-refractivity contribution in [2.75, 3.05) is 0 Å². The first-order valence-electron chi connectivity index (χ1n) is 8.69. The summed E-state index contributed by atoms with van der Waals surface area (Å²) in [6.07, 6.45) is 3.75. The maximum Gasteiger partial charge on any atom is 2.00 e. The molecule has 0 radical (unpaired) electrons. The zero-order valence-corrected chi connectivity index (χ0v) is 19.9. The van der Waals surface area contributed by atoms with Crippen LogP contribution in [0.25, 0.3) is 44.1 Å². The summed E-state index contributed by atoms with van der Waals surface area (Å²) in [6.45, 7) is 0. The summed E-state index contributed by atoms with van der Waals surface area (Å²) in [4.78, 5) is 9.34. The minimum absolute atomic E-state index is 0. The van der Waals surface area contributed by atoms with E-state index in [-0.39, 0.29) is 59.3 Å². The van der Waals surface area contributed by atoms with Gasteiger partial charge < -0.3 is 39.8 Å². The molecular formula is C24H26ClN2O5Ru+. The molecule has 5 rings (SSSR count). The Labute approximate surface area is 210 Å². The third kappa shape index (κ3) is 6.37. The minimum Gasteiger partial charge on any atom is -1.00 e. The molecule has 0 aliphatic heterocycles. The predicted molar refractivity (Wildman–Crippen MR) is 126 cm³/mol. The van der Waals surface area contributed by atoms with Crippen LogP contribution in [0.1, 0.15) is 0 Å². The van der Waals surface area contributed by atoms with Gasteiger partial charge in [-0.25, -0.2) is 0 Å². The number of pyridine rings is 2. The quantitative estimate of drug-likeness (QED) is 0.199. The monoisotopic (exact) mass is 559 g/mol. The van der Waals surface area contributed by atoms with Crippen LogP contribution in [-0.4, -0.2) is 37.3 Å². The van der Waals surface area contributed by atoms with Crippen LogP contribution in [0.4, 0.5) is 0 Å². The van der Waals surface area contributed by atoms with Gasteiger partial charge in [-0.3, -0.25) is 9.97 Å². The maximum atomic E-state index is 4.67. The number of benzene rings is 3. The molecule has 0 aliphatic rings. The van der Waals surface area contributed by atoms with Crippen LogP contribution in [0, 0.1) is 0 Å². The molecule has 176 valence electrons. The molecule has 0 saturated heterocycles. The molecule has 0 unspecified atom stereocenters. The van der Waals surface area contributed by atoms with Gasteiger partial charge in [0, 0.05) is 23.2 Å². The van der Waals surface area contributed by atoms with Crippen molar-refractivity contribution in [3.8, 4) is 22.3 Å². The standard InChI is InChI=1S/C24H16N2.ClH.5H2O.Ru/c1-3-7-17(8-4-1)19-13-15-25-23-21(19)11-12-22-20(14-16-26-24(22)23)18-9-5-2-6-10-18;;;;;;;/h1-16H;1H;5*1H2;/q;;;;;;;+2/p-1. The first-order chi connectivity index (χ1) is 12.9. The third-order valence-electron chi connectivity index (χ3n) is 4.79. The maximum absolute atomic E-state index is 4.67. The zero-order chi connectivity index (χ0) is 17.3. The van der Waals surface area contributed by atoms with Gasteiger partial charge in [-0.05, 0) is 34.4 Å². The van der Waals surface area contributed by atoms with Crippen molar-refractivity contribution >= 4 is 21.8 Å². The number of fused-ring (bicyclic) bond motifs is 3. The molecule has 0 spiro atoms. The average molecular weight is 559 g/mol. The van der Waals surface area contributed by atoms with E-state index in [1.165, 1.54) is 22.3 Å². The van der Waals surface area contributed by atoms with Crippen LogP contribution in [0.2, 0.25) is 0 Å². The largest absolute Gasteiger partial charge is 2.00 e. The fourth-order valence-corrected chi connectivity index (χ4v) is 3.57. The van der Waals surface area contributed by atoms with Gasteiger partial charge in [0.15, 0.2) is 0 Å². The Bertz CT molecular complexity index is 1150. The summed E-state index contributed by atoms with van der Waals surface area (Å²) in [5.41, 5.74) is 6.65. The van der Waals surface area contributed by atoms with E-state index in [1.54, 1.807) is 0 Å². The van der Waals surface area contributed by atoms with E-state index in [4.69, 9.17) is 0 Å². The van der Waals surface area contributed by atoms with Crippen LogP contribution in [0.15, 0.2) is 97.3 Å². The van der Waals surface area contributed by atoms with Crippen LogP contribution >= 0.6 is 0 Å². The molecule has 0 amide bonds. The van der Waals surface area contributed by atoms with Crippen LogP contribution in [0.5, 0.6) is 0 Å². The van der Waals surface area contributed by atoms with Crippen molar-refractivity contribution in [3.05, 3.63) is 97.3 Å². The average Bonchev–Trinajstić information content (AvgIpc) is 2.74. The third-order valence-corrected chi connectivity index (χ3v) is 4.79. The molecule has 0 fully saturated rings. The summed E-state index contributed by atoms with van der Waals surface area (Å²) < 4.78 is 0. The molecule has 33 heavy (non-hydrogen) atoms. The van der Waals surface area contributed by atoms with Gasteiger partial charge in [0.1, 0.15) is 0 Å². The summed E-state index contributed by atoms with van der Waals surface area (Å²) in [5, 5.41) is 2.26. The molecule has 9 heteroatoms. The molecule has 0 aliphatic carbocycles. The molecule has 2 heterocycles. The molecule has 3 aromatic carbocycles. The van der Waals surface area contributed by atoms with E-state index in [9.17, 15) is 0 Å². The smallest absolute Gasteiger partial charge is 1.00 e. The number of nitrogens with zero attached hydrogens (tertiary/aromatic N) is 2. The first kappa shape index (κ1) is 34.8. The second-order valence-electron chi connectivity index (χ2n) is 6.31. The summed E-state index contributed by atoms with van der Waals surface area (Å²) in [5.74, 6) is 0. The number of rotatable bonds is 2. The molecule has 7 nitrogen and oxygen atoms in total. The second kappa shape index (κ2) is 15.1. The molecule has 2 aromatic heterocycles. The van der Waals surface area contributed by atoms with Gasteiger partial charge in [-0.1, -0.05) is 72.8 Å². The summed E-state index contributed by atoms with van der Waals surface area (Å²) >= 11 is 0. The van der Waals surface area contributed by atoms with Gasteiger partial charge in [0.05, 0.1) is 11.0 Å². The van der Waals surface area contributed by atoms with E-state index in [0.717, 1.165) is 21.8 Å². The van der Waals surface area contributed by atoms with Crippen molar-refractivity contribution in [2.45, 2.75) is 0 Å². The van der Waals surface area contributed by atoms with E-state index in [0.29, 0.717) is 0 Å². The van der Waals surface area contributed by atoms with Gasteiger partial charge in [-0.2, -0.15) is 0 Å².